The van der Waals surface area contributed by atoms with Gasteiger partial charge in [0.15, 0.2) is 0 Å². The molecule has 0 radical (unpaired) electrons. The predicted octanol–water partition coefficient (Wildman–Crippen LogP) is 11.8. The van der Waals surface area contributed by atoms with Gasteiger partial charge in [0.25, 0.3) is 0 Å². The van der Waals surface area contributed by atoms with Crippen LogP contribution in [0.2, 0.25) is 0 Å². The second kappa shape index (κ2) is 13.3. The summed E-state index contributed by atoms with van der Waals surface area (Å²) >= 11 is 0. The number of fused-ring (bicyclic) bond motifs is 2. The molecular weight excluding hydrogens is 621 g/mol. The van der Waals surface area contributed by atoms with Crippen molar-refractivity contribution in [1.29, 1.82) is 0 Å². The highest BCUT2D eigenvalue weighted by Crippen LogP contribution is 2.49. The molecule has 3 heteroatoms. The molecule has 0 spiro atoms. The molecule has 1 N–H and O–H groups in total. The highest BCUT2D eigenvalue weighted by molar-refractivity contribution is 5.99. The zero-order valence-corrected chi connectivity index (χ0v) is 28.5. The average molecular weight is 659 g/mol. The van der Waals surface area contributed by atoms with E-state index in [4.69, 9.17) is 9.73 Å². The third-order valence-corrected chi connectivity index (χ3v) is 10.5. The lowest BCUT2D eigenvalue weighted by molar-refractivity contribution is 0.348. The smallest absolute Gasteiger partial charge is 0.131 e. The normalized spacial score (nSPS) is 18.1. The van der Waals surface area contributed by atoms with E-state index >= 15 is 0 Å². The summed E-state index contributed by atoms with van der Waals surface area (Å²) in [5.41, 5.74) is 12.1. The van der Waals surface area contributed by atoms with Crippen molar-refractivity contribution in [3.8, 4) is 33.8 Å². The van der Waals surface area contributed by atoms with E-state index in [0.29, 0.717) is 0 Å². The first-order valence-electron chi connectivity index (χ1n) is 17.8. The Morgan fingerprint density at radius 2 is 0.922 bits per heavy atom. The summed E-state index contributed by atoms with van der Waals surface area (Å²) in [6.07, 6.45) is 0. The molecule has 2 aliphatic rings. The van der Waals surface area contributed by atoms with Gasteiger partial charge in [-0.1, -0.05) is 177 Å². The molecule has 7 aromatic rings. The molecule has 0 bridgehead atoms. The molecular formula is C48H38N2O. The molecule has 3 unspecified atom stereocenters. The van der Waals surface area contributed by atoms with Gasteiger partial charge in [-0.2, -0.15) is 0 Å². The number of hydrogen-bond acceptors (Lipinski definition) is 3. The zero-order valence-electron chi connectivity index (χ0n) is 28.5. The number of ether oxygens (including phenoxy) is 1. The van der Waals surface area contributed by atoms with Crippen LogP contribution in [0.3, 0.4) is 0 Å². The summed E-state index contributed by atoms with van der Waals surface area (Å²) in [5, 5.41) is 3.88. The first kappa shape index (κ1) is 30.8. The van der Waals surface area contributed by atoms with Crippen molar-refractivity contribution in [2.45, 2.75) is 24.9 Å². The first-order valence-corrected chi connectivity index (χ1v) is 17.8. The Bertz CT molecular complexity index is 2300. The molecule has 3 atom stereocenters. The van der Waals surface area contributed by atoms with Gasteiger partial charge in [0, 0.05) is 28.5 Å². The third-order valence-electron chi connectivity index (χ3n) is 10.5. The minimum atomic E-state index is 0.0278. The van der Waals surface area contributed by atoms with Crippen LogP contribution in [0, 0.1) is 5.92 Å². The lowest BCUT2D eigenvalue weighted by Gasteiger charge is -2.37. The van der Waals surface area contributed by atoms with Crippen LogP contribution in [0.15, 0.2) is 187 Å². The quantitative estimate of drug-likeness (QED) is 0.193. The van der Waals surface area contributed by atoms with E-state index in [-0.39, 0.29) is 23.9 Å². The average Bonchev–Trinajstić information content (AvgIpc) is 3.21. The SMILES string of the molecule is CC1C(c2ccccc2)N=C(c2ccccc2)NC1c1ccccc1-c1ccc(-c2ccccc2C2c3ccccc3Oc3ccccc32)cc1. The highest BCUT2D eigenvalue weighted by atomic mass is 16.5. The second-order valence-corrected chi connectivity index (χ2v) is 13.5. The summed E-state index contributed by atoms with van der Waals surface area (Å²) in [4.78, 5) is 5.30. The van der Waals surface area contributed by atoms with Gasteiger partial charge in [-0.25, -0.2) is 0 Å². The maximum atomic E-state index is 6.36. The Labute approximate surface area is 300 Å². The van der Waals surface area contributed by atoms with E-state index in [1.165, 1.54) is 50.1 Å². The Kier molecular flexibility index (Phi) is 8.02. The minimum absolute atomic E-state index is 0.0278. The van der Waals surface area contributed by atoms with Gasteiger partial charge in [0.2, 0.25) is 0 Å². The van der Waals surface area contributed by atoms with Crippen LogP contribution in [-0.4, -0.2) is 5.84 Å². The van der Waals surface area contributed by atoms with Crippen LogP contribution in [0.1, 0.15) is 58.3 Å². The standard InChI is InChI=1S/C48H38N2O/c1-32-46(35-16-4-2-5-17-35)49-48(36-18-6-3-7-19-36)50-47(32)40-23-11-9-21-38(40)34-30-28-33(29-31-34)37-20-8-10-22-39(37)45-41-24-12-14-26-43(41)51-44-27-15-13-25-42(44)45/h2-32,45-47H,1H3,(H,49,50). The molecule has 0 saturated carbocycles. The number of benzene rings is 7. The molecule has 3 nitrogen and oxygen atoms in total. The van der Waals surface area contributed by atoms with Crippen molar-refractivity contribution in [1.82, 2.24) is 5.32 Å². The van der Waals surface area contributed by atoms with Crippen molar-refractivity contribution in [2.24, 2.45) is 10.9 Å². The Morgan fingerprint density at radius 3 is 1.53 bits per heavy atom. The van der Waals surface area contributed by atoms with E-state index in [0.717, 1.165) is 22.9 Å². The number of amidine groups is 1. The number of aliphatic imine (C=N–C) groups is 1. The Balaban J connectivity index is 1.09. The summed E-state index contributed by atoms with van der Waals surface area (Å²) < 4.78 is 6.36. The number of hydrogen-bond donors (Lipinski definition) is 1. The van der Waals surface area contributed by atoms with Crippen molar-refractivity contribution in [2.75, 3.05) is 0 Å². The summed E-state index contributed by atoms with van der Waals surface area (Å²) in [6.45, 7) is 2.32. The zero-order chi connectivity index (χ0) is 34.1. The molecule has 51 heavy (non-hydrogen) atoms. The van der Waals surface area contributed by atoms with E-state index in [9.17, 15) is 0 Å². The first-order chi connectivity index (χ1) is 25.2. The topological polar surface area (TPSA) is 33.6 Å². The van der Waals surface area contributed by atoms with Crippen LogP contribution < -0.4 is 10.1 Å². The Morgan fingerprint density at radius 1 is 0.451 bits per heavy atom. The molecule has 0 fully saturated rings. The maximum absolute atomic E-state index is 6.36. The fourth-order valence-corrected chi connectivity index (χ4v) is 8.02. The second-order valence-electron chi connectivity index (χ2n) is 13.5. The maximum Gasteiger partial charge on any atom is 0.131 e. The van der Waals surface area contributed by atoms with Crippen molar-refractivity contribution >= 4 is 5.84 Å². The molecule has 246 valence electrons. The number of para-hydroxylation sites is 2. The fraction of sp³-hybridized carbons (Fsp3) is 0.104. The van der Waals surface area contributed by atoms with E-state index in [2.05, 4.69) is 182 Å². The molecule has 0 aliphatic carbocycles. The molecule has 2 aliphatic heterocycles. The number of rotatable bonds is 6. The van der Waals surface area contributed by atoms with E-state index < -0.39 is 0 Å². The minimum Gasteiger partial charge on any atom is -0.457 e. The molecule has 0 saturated heterocycles. The summed E-state index contributed by atoms with van der Waals surface area (Å²) in [7, 11) is 0. The summed E-state index contributed by atoms with van der Waals surface area (Å²) in [6, 6.07) is 65.0. The van der Waals surface area contributed by atoms with Gasteiger partial charge in [-0.3, -0.25) is 4.99 Å². The highest BCUT2D eigenvalue weighted by Gasteiger charge is 2.35. The number of nitrogens with zero attached hydrogens (tertiary/aromatic N) is 1. The van der Waals surface area contributed by atoms with E-state index in [1.807, 2.05) is 12.1 Å². The van der Waals surface area contributed by atoms with Crippen molar-refractivity contribution in [3.05, 3.63) is 215 Å². The van der Waals surface area contributed by atoms with Crippen LogP contribution in [0.5, 0.6) is 11.5 Å². The molecule has 2 heterocycles. The molecule has 9 rings (SSSR count). The predicted molar refractivity (Wildman–Crippen MR) is 208 cm³/mol. The molecule has 0 aromatic heterocycles. The van der Waals surface area contributed by atoms with E-state index in [1.54, 1.807) is 0 Å². The number of nitrogens with one attached hydrogen (secondary N) is 1. The van der Waals surface area contributed by atoms with Crippen LogP contribution in [-0.2, 0) is 0 Å². The molecule has 0 amide bonds. The van der Waals surface area contributed by atoms with Gasteiger partial charge in [-0.15, -0.1) is 0 Å². The van der Waals surface area contributed by atoms with Crippen molar-refractivity contribution in [3.63, 3.8) is 0 Å². The third kappa shape index (κ3) is 5.71. The van der Waals surface area contributed by atoms with Gasteiger partial charge in [0.1, 0.15) is 17.3 Å². The van der Waals surface area contributed by atoms with Gasteiger partial charge in [-0.05, 0) is 51.1 Å². The Hall–Kier alpha value is -6.19. The van der Waals surface area contributed by atoms with Gasteiger partial charge in [0.05, 0.1) is 12.1 Å². The van der Waals surface area contributed by atoms with Gasteiger partial charge >= 0.3 is 0 Å². The van der Waals surface area contributed by atoms with Crippen molar-refractivity contribution < 1.29 is 4.74 Å². The lowest BCUT2D eigenvalue weighted by atomic mass is 9.79. The molecule has 7 aromatic carbocycles. The van der Waals surface area contributed by atoms with Crippen LogP contribution in [0.25, 0.3) is 22.3 Å². The fourth-order valence-electron chi connectivity index (χ4n) is 8.02. The lowest BCUT2D eigenvalue weighted by Crippen LogP contribution is -2.40. The monoisotopic (exact) mass is 658 g/mol. The van der Waals surface area contributed by atoms with Crippen LogP contribution >= 0.6 is 0 Å². The van der Waals surface area contributed by atoms with Gasteiger partial charge < -0.3 is 10.1 Å². The summed E-state index contributed by atoms with van der Waals surface area (Å²) in [5.74, 6) is 3.06. The van der Waals surface area contributed by atoms with Crippen LogP contribution in [0.4, 0.5) is 0 Å². The largest absolute Gasteiger partial charge is 0.457 e.